The Morgan fingerprint density at radius 2 is 1.94 bits per heavy atom. The molecule has 6 nitrogen and oxygen atoms in total. The van der Waals surface area contributed by atoms with Crippen LogP contribution in [0.5, 0.6) is 11.6 Å². The number of ether oxygens (including phenoxy) is 2. The first-order chi connectivity index (χ1) is 8.04. The number of halogens is 4. The van der Waals surface area contributed by atoms with E-state index in [1.165, 1.54) is 0 Å². The van der Waals surface area contributed by atoms with E-state index in [1.807, 2.05) is 0 Å². The summed E-state index contributed by atoms with van der Waals surface area (Å²) < 4.78 is 66.1. The molecule has 0 atom stereocenters. The lowest BCUT2D eigenvalue weighted by molar-refractivity contribution is -0.276. The predicted octanol–water partition coefficient (Wildman–Crippen LogP) is 1.21. The van der Waals surface area contributed by atoms with Gasteiger partial charge in [-0.25, -0.2) is 8.42 Å². The van der Waals surface area contributed by atoms with Crippen molar-refractivity contribution in [3.05, 3.63) is 16.4 Å². The van der Waals surface area contributed by atoms with Crippen LogP contribution in [-0.4, -0.2) is 26.9 Å². The molecular formula is C7H5ClF3NO5S. The van der Waals surface area contributed by atoms with Crippen LogP contribution in [0, 0.1) is 0 Å². The highest BCUT2D eigenvalue weighted by atomic mass is 35.7. The van der Waals surface area contributed by atoms with E-state index in [0.29, 0.717) is 6.07 Å². The summed E-state index contributed by atoms with van der Waals surface area (Å²) in [6, 6.07) is 0.477. The third-order valence-corrected chi connectivity index (χ3v) is 2.94. The van der Waals surface area contributed by atoms with E-state index in [4.69, 9.17) is 10.7 Å². The van der Waals surface area contributed by atoms with E-state index in [1.54, 1.807) is 4.98 Å². The molecule has 1 heterocycles. The minimum Gasteiger partial charge on any atom is -0.490 e. The molecular weight excluding hydrogens is 303 g/mol. The van der Waals surface area contributed by atoms with Gasteiger partial charge in [-0.05, 0) is 0 Å². The molecule has 0 radical (unpaired) electrons. The number of nitrogens with one attached hydrogen (secondary N) is 1. The quantitative estimate of drug-likeness (QED) is 0.848. The van der Waals surface area contributed by atoms with Crippen LogP contribution in [0.1, 0.15) is 0 Å². The fourth-order valence-corrected chi connectivity index (χ4v) is 2.05. The summed E-state index contributed by atoms with van der Waals surface area (Å²) >= 11 is 0. The van der Waals surface area contributed by atoms with E-state index >= 15 is 0 Å². The Balaban J connectivity index is 3.54. The molecule has 102 valence electrons. The molecule has 0 bridgehead atoms. The summed E-state index contributed by atoms with van der Waals surface area (Å²) in [6.45, 7) is 0. The maximum atomic E-state index is 12.0. The highest BCUT2D eigenvalue weighted by Gasteiger charge is 2.35. The van der Waals surface area contributed by atoms with Crippen molar-refractivity contribution in [3.63, 3.8) is 0 Å². The van der Waals surface area contributed by atoms with Crippen molar-refractivity contribution in [2.45, 2.75) is 11.3 Å². The average molecular weight is 308 g/mol. The molecule has 0 aliphatic heterocycles. The van der Waals surface area contributed by atoms with Crippen LogP contribution in [0.3, 0.4) is 0 Å². The number of aromatic nitrogens is 1. The molecule has 1 rings (SSSR count). The van der Waals surface area contributed by atoms with Gasteiger partial charge in [0.15, 0.2) is 5.75 Å². The lowest BCUT2D eigenvalue weighted by Gasteiger charge is -2.13. The first-order valence-electron chi connectivity index (χ1n) is 4.06. The lowest BCUT2D eigenvalue weighted by Crippen LogP contribution is -2.21. The fourth-order valence-electron chi connectivity index (χ4n) is 1.06. The zero-order chi connectivity index (χ0) is 14.1. The van der Waals surface area contributed by atoms with Gasteiger partial charge in [-0.15, -0.1) is 13.2 Å². The summed E-state index contributed by atoms with van der Waals surface area (Å²) in [7, 11) is 1.39. The Morgan fingerprint density at radius 3 is 2.33 bits per heavy atom. The normalized spacial score (nSPS) is 12.3. The van der Waals surface area contributed by atoms with Crippen LogP contribution in [-0.2, 0) is 9.05 Å². The maximum absolute atomic E-state index is 12.0. The van der Waals surface area contributed by atoms with Crippen molar-refractivity contribution >= 4 is 19.7 Å². The second-order valence-corrected chi connectivity index (χ2v) is 5.38. The Bertz CT molecular complexity index is 608. The number of alkyl halides is 3. The van der Waals surface area contributed by atoms with Crippen LogP contribution in [0.4, 0.5) is 13.2 Å². The van der Waals surface area contributed by atoms with E-state index in [9.17, 15) is 26.4 Å². The van der Waals surface area contributed by atoms with E-state index in [-0.39, 0.29) is 0 Å². The number of hydrogen-bond donors (Lipinski definition) is 1. The van der Waals surface area contributed by atoms with Gasteiger partial charge in [0.05, 0.1) is 7.11 Å². The minimum absolute atomic E-state index is 0.477. The summed E-state index contributed by atoms with van der Waals surface area (Å²) in [5.41, 5.74) is -1.14. The molecule has 1 aromatic rings. The maximum Gasteiger partial charge on any atom is 0.574 e. The third kappa shape index (κ3) is 3.53. The molecule has 0 saturated carbocycles. The molecule has 1 aromatic heterocycles. The van der Waals surface area contributed by atoms with E-state index in [2.05, 4.69) is 9.47 Å². The molecule has 1 N–H and O–H groups in total. The van der Waals surface area contributed by atoms with Gasteiger partial charge in [0.2, 0.25) is 5.88 Å². The van der Waals surface area contributed by atoms with E-state index < -0.39 is 37.5 Å². The number of rotatable bonds is 3. The SMILES string of the molecule is COc1c(S(=O)(=O)Cl)cc(=O)[nH]c1OC(F)(F)F. The molecule has 0 fully saturated rings. The number of aromatic amines is 1. The first-order valence-corrected chi connectivity index (χ1v) is 6.37. The number of H-pyrrole nitrogens is 1. The Labute approximate surface area is 103 Å². The number of pyridine rings is 1. The summed E-state index contributed by atoms with van der Waals surface area (Å²) in [4.78, 5) is 11.8. The molecule has 0 amide bonds. The molecule has 0 aromatic carbocycles. The topological polar surface area (TPSA) is 85.5 Å². The highest BCUT2D eigenvalue weighted by Crippen LogP contribution is 2.35. The second-order valence-electron chi connectivity index (χ2n) is 2.85. The molecule has 18 heavy (non-hydrogen) atoms. The Morgan fingerprint density at radius 1 is 1.39 bits per heavy atom. The van der Waals surface area contributed by atoms with Gasteiger partial charge in [0.25, 0.3) is 14.6 Å². The van der Waals surface area contributed by atoms with Crippen molar-refractivity contribution in [1.82, 2.24) is 4.98 Å². The average Bonchev–Trinajstić information content (AvgIpc) is 2.12. The van der Waals surface area contributed by atoms with Gasteiger partial charge in [-0.2, -0.15) is 0 Å². The zero-order valence-electron chi connectivity index (χ0n) is 8.54. The van der Waals surface area contributed by atoms with Gasteiger partial charge in [0.1, 0.15) is 4.90 Å². The lowest BCUT2D eigenvalue weighted by atomic mass is 10.4. The Kier molecular flexibility index (Phi) is 3.81. The van der Waals surface area contributed by atoms with Gasteiger partial charge >= 0.3 is 6.36 Å². The van der Waals surface area contributed by atoms with Crippen LogP contribution in [0.2, 0.25) is 0 Å². The number of hydrogen-bond acceptors (Lipinski definition) is 5. The first kappa shape index (κ1) is 14.6. The zero-order valence-corrected chi connectivity index (χ0v) is 10.1. The van der Waals surface area contributed by atoms with Gasteiger partial charge in [0, 0.05) is 16.7 Å². The molecule has 0 spiro atoms. The van der Waals surface area contributed by atoms with Crippen molar-refractivity contribution in [2.24, 2.45) is 0 Å². The minimum atomic E-state index is -5.13. The number of methoxy groups -OCH3 is 1. The standard InChI is InChI=1S/C7H5ClF3NO5S/c1-16-5-3(18(8,14)15)2-4(13)12-6(5)17-7(9,10)11/h2H,1H3,(H,12,13). The van der Waals surface area contributed by atoms with Crippen LogP contribution in [0.15, 0.2) is 15.8 Å². The molecule has 11 heteroatoms. The van der Waals surface area contributed by atoms with Crippen molar-refractivity contribution < 1.29 is 31.1 Å². The summed E-state index contributed by atoms with van der Waals surface area (Å²) in [5.74, 6) is -2.04. The van der Waals surface area contributed by atoms with E-state index in [0.717, 1.165) is 7.11 Å². The largest absolute Gasteiger partial charge is 0.574 e. The molecule has 0 aliphatic rings. The highest BCUT2D eigenvalue weighted by molar-refractivity contribution is 8.13. The summed E-state index contributed by atoms with van der Waals surface area (Å²) in [5, 5.41) is 0. The Hall–Kier alpha value is -1.42. The molecule has 0 aliphatic carbocycles. The third-order valence-electron chi connectivity index (χ3n) is 1.61. The summed E-state index contributed by atoms with van der Waals surface area (Å²) in [6.07, 6.45) is -5.13. The van der Waals surface area contributed by atoms with Gasteiger partial charge < -0.3 is 9.47 Å². The van der Waals surface area contributed by atoms with Crippen LogP contribution >= 0.6 is 10.7 Å². The smallest absolute Gasteiger partial charge is 0.490 e. The monoisotopic (exact) mass is 307 g/mol. The predicted molar refractivity (Wildman–Crippen MR) is 53.3 cm³/mol. The second kappa shape index (κ2) is 4.69. The van der Waals surface area contributed by atoms with Crippen molar-refractivity contribution in [3.8, 4) is 11.6 Å². The van der Waals surface area contributed by atoms with Gasteiger partial charge in [-0.3, -0.25) is 9.78 Å². The fraction of sp³-hybridized carbons (Fsp3) is 0.286. The van der Waals surface area contributed by atoms with Crippen LogP contribution < -0.4 is 15.0 Å². The van der Waals surface area contributed by atoms with Crippen molar-refractivity contribution in [1.29, 1.82) is 0 Å². The van der Waals surface area contributed by atoms with Gasteiger partial charge in [-0.1, -0.05) is 0 Å². The van der Waals surface area contributed by atoms with Crippen molar-refractivity contribution in [2.75, 3.05) is 7.11 Å². The van der Waals surface area contributed by atoms with Crippen LogP contribution in [0.25, 0.3) is 0 Å². The molecule has 0 unspecified atom stereocenters. The molecule has 0 saturated heterocycles.